The van der Waals surface area contributed by atoms with E-state index in [1.807, 2.05) is 0 Å². The van der Waals surface area contributed by atoms with Crippen LogP contribution in [0.1, 0.15) is 15.9 Å². The van der Waals surface area contributed by atoms with Gasteiger partial charge in [0.15, 0.2) is 11.5 Å². The number of ether oxygens (including phenoxy) is 3. The Hall–Kier alpha value is -2.73. The monoisotopic (exact) mass is 332 g/mol. The number of rotatable bonds is 4. The molecule has 0 spiro atoms. The fraction of sp³-hybridized carbons (Fsp3) is 0.125. The first-order valence-corrected chi connectivity index (χ1v) is 7.12. The third-order valence-corrected chi connectivity index (χ3v) is 3.42. The van der Waals surface area contributed by atoms with Gasteiger partial charge in [0, 0.05) is 22.2 Å². The van der Waals surface area contributed by atoms with Crippen LogP contribution in [-0.2, 0) is 0 Å². The number of nitrogens with zero attached hydrogens (tertiary/aromatic N) is 1. The van der Waals surface area contributed by atoms with Gasteiger partial charge in [-0.25, -0.2) is 5.43 Å². The second-order valence-electron chi connectivity index (χ2n) is 4.66. The van der Waals surface area contributed by atoms with Crippen LogP contribution in [0.5, 0.6) is 17.2 Å². The zero-order valence-corrected chi connectivity index (χ0v) is 13.0. The quantitative estimate of drug-likeness (QED) is 0.690. The molecule has 1 N–H and O–H groups in total. The summed E-state index contributed by atoms with van der Waals surface area (Å²) in [5, 5.41) is 4.42. The highest BCUT2D eigenvalue weighted by atomic mass is 35.5. The van der Waals surface area contributed by atoms with Gasteiger partial charge in [0.2, 0.25) is 6.79 Å². The van der Waals surface area contributed by atoms with Gasteiger partial charge in [0.25, 0.3) is 5.91 Å². The highest BCUT2D eigenvalue weighted by Gasteiger charge is 2.17. The molecule has 1 heterocycles. The fourth-order valence-corrected chi connectivity index (χ4v) is 2.26. The highest BCUT2D eigenvalue weighted by molar-refractivity contribution is 6.30. The predicted octanol–water partition coefficient (Wildman–Crippen LogP) is 2.84. The Balaban J connectivity index is 1.74. The average Bonchev–Trinajstić information content (AvgIpc) is 3.01. The molecule has 0 bridgehead atoms. The van der Waals surface area contributed by atoms with Crippen LogP contribution in [0.2, 0.25) is 5.02 Å². The molecule has 2 aromatic carbocycles. The molecule has 7 heteroatoms. The highest BCUT2D eigenvalue weighted by Crippen LogP contribution is 2.37. The number of hydrazone groups is 1. The first-order valence-electron chi connectivity index (χ1n) is 6.74. The van der Waals surface area contributed by atoms with Gasteiger partial charge >= 0.3 is 0 Å². The van der Waals surface area contributed by atoms with Crippen molar-refractivity contribution in [1.82, 2.24) is 5.43 Å². The Labute approximate surface area is 137 Å². The SMILES string of the molecule is COc1cc2c(cc1/C=N/NC(=O)c1cccc(Cl)c1)OCO2. The van der Waals surface area contributed by atoms with E-state index in [0.717, 1.165) is 0 Å². The summed E-state index contributed by atoms with van der Waals surface area (Å²) in [6.45, 7) is 0.171. The van der Waals surface area contributed by atoms with Crippen molar-refractivity contribution in [2.24, 2.45) is 5.10 Å². The van der Waals surface area contributed by atoms with Gasteiger partial charge in [0.1, 0.15) is 5.75 Å². The molecule has 3 rings (SSSR count). The third-order valence-electron chi connectivity index (χ3n) is 3.18. The number of benzene rings is 2. The number of amides is 1. The van der Waals surface area contributed by atoms with Crippen LogP contribution in [-0.4, -0.2) is 26.0 Å². The Bertz CT molecular complexity index is 777. The standard InChI is InChI=1S/C16H13ClN2O4/c1-21-13-7-15-14(22-9-23-15)6-11(13)8-18-19-16(20)10-3-2-4-12(17)5-10/h2-8H,9H2,1H3,(H,19,20)/b18-8+. The van der Waals surface area contributed by atoms with E-state index in [9.17, 15) is 4.79 Å². The average molecular weight is 333 g/mol. The second kappa shape index (κ2) is 6.58. The number of hydrogen-bond donors (Lipinski definition) is 1. The molecule has 0 fully saturated rings. The van der Waals surface area contributed by atoms with E-state index >= 15 is 0 Å². The zero-order valence-electron chi connectivity index (χ0n) is 12.2. The van der Waals surface area contributed by atoms with Crippen LogP contribution in [0.25, 0.3) is 0 Å². The van der Waals surface area contributed by atoms with E-state index in [4.69, 9.17) is 25.8 Å². The second-order valence-corrected chi connectivity index (χ2v) is 5.09. The van der Waals surface area contributed by atoms with E-state index in [2.05, 4.69) is 10.5 Å². The number of fused-ring (bicyclic) bond motifs is 1. The molecule has 6 nitrogen and oxygen atoms in total. The molecule has 23 heavy (non-hydrogen) atoms. The van der Waals surface area contributed by atoms with Crippen LogP contribution >= 0.6 is 11.6 Å². The van der Waals surface area contributed by atoms with Gasteiger partial charge in [-0.2, -0.15) is 5.10 Å². The van der Waals surface area contributed by atoms with Gasteiger partial charge in [0.05, 0.1) is 13.3 Å². The molecule has 0 aliphatic carbocycles. The molecular weight excluding hydrogens is 320 g/mol. The van der Waals surface area contributed by atoms with Crippen LogP contribution in [0.4, 0.5) is 0 Å². The normalized spacial score (nSPS) is 12.4. The molecular formula is C16H13ClN2O4. The smallest absolute Gasteiger partial charge is 0.271 e. The summed E-state index contributed by atoms with van der Waals surface area (Å²) in [6, 6.07) is 10.0. The van der Waals surface area contributed by atoms with Crippen LogP contribution in [0.3, 0.4) is 0 Å². The largest absolute Gasteiger partial charge is 0.496 e. The lowest BCUT2D eigenvalue weighted by atomic mass is 10.2. The van der Waals surface area contributed by atoms with E-state index in [-0.39, 0.29) is 12.7 Å². The predicted molar refractivity (Wildman–Crippen MR) is 85.6 cm³/mol. The number of carbonyl (C=O) groups is 1. The minimum Gasteiger partial charge on any atom is -0.496 e. The summed E-state index contributed by atoms with van der Waals surface area (Å²) < 4.78 is 15.9. The topological polar surface area (TPSA) is 69.2 Å². The lowest BCUT2D eigenvalue weighted by molar-refractivity contribution is 0.0955. The molecule has 0 saturated carbocycles. The molecule has 0 atom stereocenters. The summed E-state index contributed by atoms with van der Waals surface area (Å²) in [4.78, 5) is 12.0. The van der Waals surface area contributed by atoms with Crippen LogP contribution in [0.15, 0.2) is 41.5 Å². The first-order chi connectivity index (χ1) is 11.2. The number of hydrogen-bond acceptors (Lipinski definition) is 5. The van der Waals surface area contributed by atoms with Crippen molar-refractivity contribution in [2.45, 2.75) is 0 Å². The maximum atomic E-state index is 12.0. The summed E-state index contributed by atoms with van der Waals surface area (Å²) in [5.41, 5.74) is 3.52. The van der Waals surface area contributed by atoms with Crippen molar-refractivity contribution in [3.63, 3.8) is 0 Å². The minimum atomic E-state index is -0.358. The molecule has 1 aliphatic rings. The molecule has 0 unspecified atom stereocenters. The number of nitrogens with one attached hydrogen (secondary N) is 1. The van der Waals surface area contributed by atoms with Gasteiger partial charge in [-0.15, -0.1) is 0 Å². The van der Waals surface area contributed by atoms with Crippen molar-refractivity contribution in [3.8, 4) is 17.2 Å². The van der Waals surface area contributed by atoms with Gasteiger partial charge in [-0.1, -0.05) is 17.7 Å². The van der Waals surface area contributed by atoms with Crippen molar-refractivity contribution in [2.75, 3.05) is 13.9 Å². The lowest BCUT2D eigenvalue weighted by Crippen LogP contribution is -2.17. The zero-order chi connectivity index (χ0) is 16.2. The Morgan fingerprint density at radius 3 is 2.83 bits per heavy atom. The third kappa shape index (κ3) is 3.37. The molecule has 1 aliphatic heterocycles. The minimum absolute atomic E-state index is 0.171. The van der Waals surface area contributed by atoms with Crippen molar-refractivity contribution in [1.29, 1.82) is 0 Å². The molecule has 0 saturated heterocycles. The van der Waals surface area contributed by atoms with Crippen molar-refractivity contribution < 1.29 is 19.0 Å². The summed E-state index contributed by atoms with van der Waals surface area (Å²) in [6.07, 6.45) is 1.48. The Kier molecular flexibility index (Phi) is 4.34. The van der Waals surface area contributed by atoms with E-state index in [0.29, 0.717) is 33.4 Å². The van der Waals surface area contributed by atoms with E-state index in [1.165, 1.54) is 6.21 Å². The van der Waals surface area contributed by atoms with E-state index < -0.39 is 0 Å². The van der Waals surface area contributed by atoms with Gasteiger partial charge in [-0.3, -0.25) is 4.79 Å². The Morgan fingerprint density at radius 1 is 1.30 bits per heavy atom. The van der Waals surface area contributed by atoms with E-state index in [1.54, 1.807) is 43.5 Å². The van der Waals surface area contributed by atoms with Crippen molar-refractivity contribution >= 4 is 23.7 Å². The van der Waals surface area contributed by atoms with Gasteiger partial charge in [-0.05, 0) is 24.3 Å². The molecule has 0 aromatic heterocycles. The molecule has 118 valence electrons. The first kappa shape index (κ1) is 15.2. The molecule has 1 amide bonds. The van der Waals surface area contributed by atoms with Crippen LogP contribution < -0.4 is 19.6 Å². The lowest BCUT2D eigenvalue weighted by Gasteiger charge is -2.06. The molecule has 2 aromatic rings. The fourth-order valence-electron chi connectivity index (χ4n) is 2.07. The summed E-state index contributed by atoms with van der Waals surface area (Å²) in [5.74, 6) is 1.42. The summed E-state index contributed by atoms with van der Waals surface area (Å²) >= 11 is 5.85. The van der Waals surface area contributed by atoms with Crippen molar-refractivity contribution in [3.05, 3.63) is 52.5 Å². The molecule has 0 radical (unpaired) electrons. The number of halogens is 1. The number of methoxy groups -OCH3 is 1. The Morgan fingerprint density at radius 2 is 2.09 bits per heavy atom. The number of carbonyl (C=O) groups excluding carboxylic acids is 1. The summed E-state index contributed by atoms with van der Waals surface area (Å²) in [7, 11) is 1.54. The van der Waals surface area contributed by atoms with Crippen LogP contribution in [0, 0.1) is 0 Å². The maximum absolute atomic E-state index is 12.0. The maximum Gasteiger partial charge on any atom is 0.271 e. The van der Waals surface area contributed by atoms with Gasteiger partial charge < -0.3 is 14.2 Å².